The minimum absolute atomic E-state index is 0. The molecule has 1 aliphatic carbocycles. The average molecular weight is 482 g/mol. The topological polar surface area (TPSA) is 271 Å². The molecule has 0 aromatic heterocycles. The minimum Gasteiger partial charge on any atom is -0.304 e. The fourth-order valence-corrected chi connectivity index (χ4v) is 3.44. The van der Waals surface area contributed by atoms with E-state index in [4.69, 9.17) is 0 Å². The van der Waals surface area contributed by atoms with Gasteiger partial charge in [-0.3, -0.25) is 60.7 Å². The summed E-state index contributed by atoms with van der Waals surface area (Å²) in [4.78, 5) is 58.5. The summed E-state index contributed by atoms with van der Waals surface area (Å²) in [5.41, 5.74) is -14.4. The molecule has 0 heterocycles. The van der Waals surface area contributed by atoms with Gasteiger partial charge in [0.2, 0.25) is 0 Å². The summed E-state index contributed by atoms with van der Waals surface area (Å²) in [5.74, 6) is 0. The van der Waals surface area contributed by atoms with E-state index in [2.05, 4.69) is 0 Å². The first-order valence-electron chi connectivity index (χ1n) is 7.72. The standard InChI is InChI=1S/C12H9N7O12.K/c20-14(21)9-6-7-10(15(22)23,13-8-4-2-1-3-5-8)12(18(28)29,19(30)31)11(9,16(24)25)17(26)27;/h1-7,9,13H;. The SMILES string of the molecule is O=[N+]([O-])C1C=CC(Nc2ccccc2)([N+](=O)[O-])C([N+](=O)[O-])([N+](=O)[O-])C1([N+](=O)[O-])[N+](=O)[O-].[K]. The second kappa shape index (κ2) is 9.11. The third-order valence-corrected chi connectivity index (χ3v) is 4.69. The zero-order chi connectivity index (χ0) is 23.8. The number of rotatable bonds is 8. The molecular weight excluding hydrogens is 473 g/mol. The maximum atomic E-state index is 12.0. The number of anilines is 1. The Bertz CT molecular complexity index is 1000. The van der Waals surface area contributed by atoms with Gasteiger partial charge in [-0.05, 0) is 12.1 Å². The number of nitro groups is 6. The number of hydrogen-bond acceptors (Lipinski definition) is 13. The Morgan fingerprint density at radius 2 is 1.19 bits per heavy atom. The van der Waals surface area contributed by atoms with Crippen molar-refractivity contribution in [2.24, 2.45) is 0 Å². The molecule has 165 valence electrons. The molecule has 0 fully saturated rings. The number of benzene rings is 1. The molecular formula is C12H9KN7O12. The molecule has 1 aliphatic rings. The van der Waals surface area contributed by atoms with Crippen molar-refractivity contribution in [2.75, 3.05) is 5.32 Å². The first-order valence-corrected chi connectivity index (χ1v) is 7.72. The Morgan fingerprint density at radius 1 is 0.719 bits per heavy atom. The van der Waals surface area contributed by atoms with Gasteiger partial charge in [-0.15, -0.1) is 0 Å². The van der Waals surface area contributed by atoms with Gasteiger partial charge in [0.1, 0.15) is 19.7 Å². The summed E-state index contributed by atoms with van der Waals surface area (Å²) in [7, 11) is 0. The molecule has 0 aliphatic heterocycles. The van der Waals surface area contributed by atoms with Gasteiger partial charge >= 0.3 is 23.0 Å². The first kappa shape index (κ1) is 26.8. The zero-order valence-electron chi connectivity index (χ0n) is 15.7. The average Bonchev–Trinajstić information content (AvgIpc) is 2.66. The summed E-state index contributed by atoms with van der Waals surface area (Å²) in [6.07, 6.45) is -0.0418. The van der Waals surface area contributed by atoms with E-state index in [1.54, 1.807) is 5.32 Å². The van der Waals surface area contributed by atoms with Crippen LogP contribution >= 0.6 is 0 Å². The predicted octanol–water partition coefficient (Wildman–Crippen LogP) is -0.595. The molecule has 1 aromatic carbocycles. The van der Waals surface area contributed by atoms with Gasteiger partial charge in [-0.2, -0.15) is 0 Å². The van der Waals surface area contributed by atoms with Crippen LogP contribution in [-0.2, 0) is 0 Å². The summed E-state index contributed by atoms with van der Waals surface area (Å²) in [6.45, 7) is 0. The van der Waals surface area contributed by atoms with Crippen LogP contribution in [0, 0.1) is 60.7 Å². The summed E-state index contributed by atoms with van der Waals surface area (Å²) >= 11 is 0. The van der Waals surface area contributed by atoms with Crippen LogP contribution in [-0.4, -0.2) is 104 Å². The van der Waals surface area contributed by atoms with Gasteiger partial charge in [0.15, 0.2) is 0 Å². The molecule has 2 rings (SSSR count). The molecule has 0 spiro atoms. The summed E-state index contributed by atoms with van der Waals surface area (Å²) in [5, 5.41) is 72.6. The van der Waals surface area contributed by atoms with E-state index in [1.807, 2.05) is 0 Å². The maximum Gasteiger partial charge on any atom is 0.695 e. The van der Waals surface area contributed by atoms with Crippen LogP contribution in [0.4, 0.5) is 5.69 Å². The molecule has 19 nitrogen and oxygen atoms in total. The van der Waals surface area contributed by atoms with Crippen LogP contribution in [0.25, 0.3) is 0 Å². The van der Waals surface area contributed by atoms with Gasteiger partial charge in [0, 0.05) is 74.1 Å². The van der Waals surface area contributed by atoms with Crippen molar-refractivity contribution in [1.82, 2.24) is 0 Å². The Kier molecular flexibility index (Phi) is 7.64. The van der Waals surface area contributed by atoms with E-state index in [0.29, 0.717) is 0 Å². The first-order chi connectivity index (χ1) is 14.3. The van der Waals surface area contributed by atoms with Crippen LogP contribution in [0.2, 0.25) is 0 Å². The van der Waals surface area contributed by atoms with Crippen LogP contribution < -0.4 is 5.32 Å². The van der Waals surface area contributed by atoms with Crippen molar-refractivity contribution in [3.8, 4) is 0 Å². The van der Waals surface area contributed by atoms with E-state index < -0.39 is 58.3 Å². The molecule has 2 unspecified atom stereocenters. The molecule has 32 heavy (non-hydrogen) atoms. The maximum absolute atomic E-state index is 12.0. The molecule has 1 radical (unpaired) electrons. The van der Waals surface area contributed by atoms with Crippen molar-refractivity contribution in [3.63, 3.8) is 0 Å². The van der Waals surface area contributed by atoms with Gasteiger partial charge in [0.25, 0.3) is 0 Å². The molecule has 1 aromatic rings. The van der Waals surface area contributed by atoms with E-state index in [-0.39, 0.29) is 63.5 Å². The molecule has 20 heteroatoms. The van der Waals surface area contributed by atoms with Crippen LogP contribution in [0.3, 0.4) is 0 Å². The van der Waals surface area contributed by atoms with Crippen molar-refractivity contribution in [2.45, 2.75) is 23.0 Å². The fourth-order valence-electron chi connectivity index (χ4n) is 3.44. The third kappa shape index (κ3) is 3.27. The Hall–Kier alpha value is -3.20. The van der Waals surface area contributed by atoms with Crippen LogP contribution in [0.1, 0.15) is 0 Å². The molecule has 2 atom stereocenters. The number of nitrogens with zero attached hydrogens (tertiary/aromatic N) is 6. The van der Waals surface area contributed by atoms with Crippen molar-refractivity contribution in [3.05, 3.63) is 103 Å². The van der Waals surface area contributed by atoms with E-state index in [1.165, 1.54) is 18.2 Å². The second-order valence-corrected chi connectivity index (χ2v) is 6.03. The molecule has 0 saturated heterocycles. The summed E-state index contributed by atoms with van der Waals surface area (Å²) < 4.78 is 0. The molecule has 1 N–H and O–H groups in total. The van der Waals surface area contributed by atoms with Gasteiger partial charge in [-0.1, -0.05) is 18.2 Å². The largest absolute Gasteiger partial charge is 0.695 e. The Labute approximate surface area is 216 Å². The van der Waals surface area contributed by atoms with Crippen molar-refractivity contribution >= 4 is 57.1 Å². The summed E-state index contributed by atoms with van der Waals surface area (Å²) in [6, 6.07) is 2.54. The third-order valence-electron chi connectivity index (χ3n) is 4.69. The number of nitrogens with one attached hydrogen (secondary N) is 1. The van der Waals surface area contributed by atoms with Gasteiger partial charge < -0.3 is 5.32 Å². The number of para-hydroxylation sites is 1. The second-order valence-electron chi connectivity index (χ2n) is 6.03. The van der Waals surface area contributed by atoms with Crippen LogP contribution in [0.5, 0.6) is 0 Å². The van der Waals surface area contributed by atoms with Gasteiger partial charge in [-0.25, -0.2) is 0 Å². The quantitative estimate of drug-likeness (QED) is 0.159. The van der Waals surface area contributed by atoms with E-state index >= 15 is 0 Å². The molecule has 0 bridgehead atoms. The molecule has 0 saturated carbocycles. The number of hydrogen-bond donors (Lipinski definition) is 1. The van der Waals surface area contributed by atoms with Crippen LogP contribution in [0.15, 0.2) is 42.5 Å². The zero-order valence-corrected chi connectivity index (χ0v) is 18.8. The fraction of sp³-hybridized carbons (Fsp3) is 0.333. The van der Waals surface area contributed by atoms with E-state index in [0.717, 1.165) is 12.1 Å². The van der Waals surface area contributed by atoms with E-state index in [9.17, 15) is 60.7 Å². The van der Waals surface area contributed by atoms with Crippen molar-refractivity contribution < 1.29 is 29.5 Å². The smallest absolute Gasteiger partial charge is 0.304 e. The van der Waals surface area contributed by atoms with Gasteiger partial charge in [0.05, 0.1) is 4.92 Å². The predicted molar refractivity (Wildman–Crippen MR) is 98.9 cm³/mol. The van der Waals surface area contributed by atoms with Crippen molar-refractivity contribution in [1.29, 1.82) is 0 Å². The normalized spacial score (nSPS) is 22.6. The minimum atomic E-state index is -5.02. The Morgan fingerprint density at radius 3 is 1.53 bits per heavy atom. The molecule has 0 amide bonds. The monoisotopic (exact) mass is 482 g/mol. The Balaban J connectivity index is 0.00000512.